The van der Waals surface area contributed by atoms with Crippen molar-refractivity contribution in [2.75, 3.05) is 0 Å². The molecule has 3 rings (SSSR count). The van der Waals surface area contributed by atoms with Gasteiger partial charge in [-0.25, -0.2) is 9.38 Å². The fourth-order valence-electron chi connectivity index (χ4n) is 3.28. The summed E-state index contributed by atoms with van der Waals surface area (Å²) in [6.07, 6.45) is 0.300. The highest BCUT2D eigenvalue weighted by Gasteiger charge is 2.38. The molecule has 160 valence electrons. The number of benzene rings is 1. The van der Waals surface area contributed by atoms with E-state index in [-0.39, 0.29) is 42.1 Å². The van der Waals surface area contributed by atoms with Crippen LogP contribution in [0.15, 0.2) is 40.7 Å². The molecule has 2 amide bonds. The SMILES string of the molecule is CC(NC(=O)c1cc(CN2C(=O)CC(C)(C(C)C)N=C2N)cs1)c1cccc(F)c1. The minimum Gasteiger partial charge on any atom is -0.369 e. The van der Waals surface area contributed by atoms with E-state index < -0.39 is 5.54 Å². The second kappa shape index (κ2) is 8.55. The molecule has 0 radical (unpaired) electrons. The lowest BCUT2D eigenvalue weighted by atomic mass is 9.84. The molecule has 0 spiro atoms. The van der Waals surface area contributed by atoms with Crippen LogP contribution in [0.4, 0.5) is 4.39 Å². The van der Waals surface area contributed by atoms with Crippen LogP contribution < -0.4 is 11.1 Å². The number of nitrogens with one attached hydrogen (secondary N) is 1. The van der Waals surface area contributed by atoms with Crippen LogP contribution in [0, 0.1) is 11.7 Å². The van der Waals surface area contributed by atoms with Crippen molar-refractivity contribution < 1.29 is 14.0 Å². The Morgan fingerprint density at radius 2 is 2.10 bits per heavy atom. The molecule has 0 bridgehead atoms. The molecule has 2 aromatic rings. The van der Waals surface area contributed by atoms with Crippen LogP contribution in [-0.4, -0.2) is 28.2 Å². The molecule has 30 heavy (non-hydrogen) atoms. The molecule has 2 atom stereocenters. The molecule has 6 nitrogen and oxygen atoms in total. The number of amides is 2. The predicted molar refractivity (Wildman–Crippen MR) is 117 cm³/mol. The van der Waals surface area contributed by atoms with Gasteiger partial charge in [0.05, 0.1) is 29.4 Å². The Morgan fingerprint density at radius 3 is 2.73 bits per heavy atom. The maximum Gasteiger partial charge on any atom is 0.261 e. The van der Waals surface area contributed by atoms with Gasteiger partial charge < -0.3 is 11.1 Å². The first kappa shape index (κ1) is 22.0. The molecule has 1 aliphatic heterocycles. The molecule has 1 aliphatic rings. The van der Waals surface area contributed by atoms with Crippen molar-refractivity contribution in [3.05, 3.63) is 57.5 Å². The fraction of sp³-hybridized carbons (Fsp3) is 0.409. The highest BCUT2D eigenvalue weighted by atomic mass is 32.1. The number of carbonyl (C=O) groups excluding carboxylic acids is 2. The van der Waals surface area contributed by atoms with Gasteiger partial charge in [0.25, 0.3) is 5.91 Å². The number of hydrogen-bond donors (Lipinski definition) is 2. The van der Waals surface area contributed by atoms with Crippen molar-refractivity contribution in [1.82, 2.24) is 10.2 Å². The summed E-state index contributed by atoms with van der Waals surface area (Å²) >= 11 is 1.29. The zero-order valence-electron chi connectivity index (χ0n) is 17.6. The lowest BCUT2D eigenvalue weighted by Crippen LogP contribution is -2.51. The Labute approximate surface area is 180 Å². The first-order chi connectivity index (χ1) is 14.1. The van der Waals surface area contributed by atoms with Gasteiger partial charge in [-0.05, 0) is 54.5 Å². The molecule has 2 unspecified atom stereocenters. The molecule has 0 fully saturated rings. The summed E-state index contributed by atoms with van der Waals surface area (Å²) in [4.78, 5) is 31.8. The standard InChI is InChI=1S/C22H27FN4O2S/c1-13(2)22(4)10-19(28)27(21(24)26-22)11-15-8-18(30-12-15)20(29)25-14(3)16-6-5-7-17(23)9-16/h5-9,12-14H,10-11H2,1-4H3,(H2,24,26)(H,25,29). The van der Waals surface area contributed by atoms with Crippen LogP contribution in [0.2, 0.25) is 0 Å². The zero-order chi connectivity index (χ0) is 22.1. The van der Waals surface area contributed by atoms with E-state index in [1.165, 1.54) is 28.4 Å². The molecule has 1 aromatic heterocycles. The van der Waals surface area contributed by atoms with Crippen LogP contribution >= 0.6 is 11.3 Å². The summed E-state index contributed by atoms with van der Waals surface area (Å²) < 4.78 is 13.4. The predicted octanol–water partition coefficient (Wildman–Crippen LogP) is 3.84. The lowest BCUT2D eigenvalue weighted by Gasteiger charge is -2.37. The Morgan fingerprint density at radius 1 is 1.37 bits per heavy atom. The molecule has 0 aliphatic carbocycles. The first-order valence-corrected chi connectivity index (χ1v) is 10.8. The minimum absolute atomic E-state index is 0.0735. The van der Waals surface area contributed by atoms with E-state index >= 15 is 0 Å². The third-order valence-corrected chi connectivity index (χ3v) is 6.59. The van der Waals surface area contributed by atoms with Gasteiger partial charge in [-0.2, -0.15) is 0 Å². The monoisotopic (exact) mass is 430 g/mol. The van der Waals surface area contributed by atoms with Gasteiger partial charge in [-0.1, -0.05) is 26.0 Å². The number of nitrogens with zero attached hydrogens (tertiary/aromatic N) is 2. The van der Waals surface area contributed by atoms with Crippen LogP contribution in [0.25, 0.3) is 0 Å². The van der Waals surface area contributed by atoms with E-state index in [0.717, 1.165) is 5.56 Å². The molecule has 3 N–H and O–H groups in total. The van der Waals surface area contributed by atoms with Crippen molar-refractivity contribution in [2.45, 2.75) is 52.2 Å². The smallest absolute Gasteiger partial charge is 0.261 e. The average molecular weight is 431 g/mol. The maximum atomic E-state index is 13.4. The van der Waals surface area contributed by atoms with Crippen LogP contribution in [0.5, 0.6) is 0 Å². The fourth-order valence-corrected chi connectivity index (χ4v) is 4.09. The number of thiophene rings is 1. The van der Waals surface area contributed by atoms with E-state index in [2.05, 4.69) is 10.3 Å². The number of aliphatic imine (C=N–C) groups is 1. The number of carbonyl (C=O) groups is 2. The molecular formula is C22H27FN4O2S. The summed E-state index contributed by atoms with van der Waals surface area (Å²) in [7, 11) is 0. The van der Waals surface area contributed by atoms with Gasteiger partial charge in [0, 0.05) is 0 Å². The summed E-state index contributed by atoms with van der Waals surface area (Å²) in [5.74, 6) is -0.262. The van der Waals surface area contributed by atoms with E-state index in [4.69, 9.17) is 5.73 Å². The minimum atomic E-state index is -0.496. The average Bonchev–Trinajstić information content (AvgIpc) is 3.13. The van der Waals surface area contributed by atoms with Crippen molar-refractivity contribution in [3.8, 4) is 0 Å². The number of halogens is 1. The second-order valence-electron chi connectivity index (χ2n) is 8.21. The van der Waals surface area contributed by atoms with Gasteiger partial charge in [-0.3, -0.25) is 14.5 Å². The molecule has 0 saturated carbocycles. The normalized spacial score (nSPS) is 20.3. The number of guanidine groups is 1. The quantitative estimate of drug-likeness (QED) is 0.730. The molecule has 8 heteroatoms. The summed E-state index contributed by atoms with van der Waals surface area (Å²) in [5, 5.41) is 4.71. The van der Waals surface area contributed by atoms with Gasteiger partial charge in [0.1, 0.15) is 5.82 Å². The topological polar surface area (TPSA) is 87.8 Å². The maximum absolute atomic E-state index is 13.4. The number of rotatable bonds is 6. The van der Waals surface area contributed by atoms with E-state index in [0.29, 0.717) is 16.9 Å². The Bertz CT molecular complexity index is 987. The molecule has 2 heterocycles. The Balaban J connectivity index is 1.68. The molecule has 1 aromatic carbocycles. The van der Waals surface area contributed by atoms with Crippen LogP contribution in [0.3, 0.4) is 0 Å². The number of hydrogen-bond acceptors (Lipinski definition) is 5. The zero-order valence-corrected chi connectivity index (χ0v) is 18.4. The second-order valence-corrected chi connectivity index (χ2v) is 9.12. The van der Waals surface area contributed by atoms with Gasteiger partial charge in [0.15, 0.2) is 5.96 Å². The molecular weight excluding hydrogens is 403 g/mol. The van der Waals surface area contributed by atoms with Crippen LogP contribution in [-0.2, 0) is 11.3 Å². The van der Waals surface area contributed by atoms with E-state index in [1.54, 1.807) is 25.1 Å². The van der Waals surface area contributed by atoms with Gasteiger partial charge in [-0.15, -0.1) is 11.3 Å². The Hall–Kier alpha value is -2.74. The Kier molecular flexibility index (Phi) is 6.26. The first-order valence-electron chi connectivity index (χ1n) is 9.88. The number of nitrogens with two attached hydrogens (primary N) is 1. The summed E-state index contributed by atoms with van der Waals surface area (Å²) in [5.41, 5.74) is 7.09. The van der Waals surface area contributed by atoms with Crippen molar-refractivity contribution in [1.29, 1.82) is 0 Å². The lowest BCUT2D eigenvalue weighted by molar-refractivity contribution is -0.130. The van der Waals surface area contributed by atoms with Crippen LogP contribution in [0.1, 0.15) is 61.0 Å². The highest BCUT2D eigenvalue weighted by Crippen LogP contribution is 2.30. The van der Waals surface area contributed by atoms with Gasteiger partial charge in [0.2, 0.25) is 5.91 Å². The van der Waals surface area contributed by atoms with Crippen molar-refractivity contribution >= 4 is 29.1 Å². The third-order valence-electron chi connectivity index (χ3n) is 5.61. The largest absolute Gasteiger partial charge is 0.369 e. The van der Waals surface area contributed by atoms with E-state index in [1.807, 2.05) is 26.2 Å². The summed E-state index contributed by atoms with van der Waals surface area (Å²) in [6.45, 7) is 8.05. The van der Waals surface area contributed by atoms with E-state index in [9.17, 15) is 14.0 Å². The summed E-state index contributed by atoms with van der Waals surface area (Å²) in [6, 6.07) is 7.56. The highest BCUT2D eigenvalue weighted by molar-refractivity contribution is 7.12. The van der Waals surface area contributed by atoms with Crippen molar-refractivity contribution in [3.63, 3.8) is 0 Å². The molecule has 0 saturated heterocycles. The van der Waals surface area contributed by atoms with Gasteiger partial charge >= 0.3 is 0 Å². The third kappa shape index (κ3) is 4.70. The van der Waals surface area contributed by atoms with Crippen molar-refractivity contribution in [2.24, 2.45) is 16.6 Å².